The first-order valence-electron chi connectivity index (χ1n) is 5.47. The molecule has 0 saturated heterocycles. The summed E-state index contributed by atoms with van der Waals surface area (Å²) in [6, 6.07) is 3.05. The van der Waals surface area contributed by atoms with Crippen LogP contribution in [0.5, 0.6) is 0 Å². The lowest BCUT2D eigenvalue weighted by molar-refractivity contribution is -0.117. The fourth-order valence-electron chi connectivity index (χ4n) is 1.51. The number of pyridine rings is 2. The fourth-order valence-corrected chi connectivity index (χ4v) is 1.51. The van der Waals surface area contributed by atoms with E-state index >= 15 is 0 Å². The van der Waals surface area contributed by atoms with Gasteiger partial charge in [-0.1, -0.05) is 6.92 Å². The van der Waals surface area contributed by atoms with Gasteiger partial charge in [0.2, 0.25) is 5.91 Å². The van der Waals surface area contributed by atoms with E-state index in [1.807, 2.05) is 6.92 Å². The van der Waals surface area contributed by atoms with Crippen LogP contribution in [0.1, 0.15) is 13.3 Å². The molecule has 0 spiro atoms. The highest BCUT2D eigenvalue weighted by Gasteiger charge is 2.12. The van der Waals surface area contributed by atoms with Gasteiger partial charge in [0.05, 0.1) is 17.2 Å². The van der Waals surface area contributed by atoms with Gasteiger partial charge in [-0.3, -0.25) is 14.8 Å². The van der Waals surface area contributed by atoms with Crippen molar-refractivity contribution in [2.45, 2.75) is 19.4 Å². The molecule has 19 heavy (non-hydrogen) atoms. The van der Waals surface area contributed by atoms with E-state index in [-0.39, 0.29) is 30.7 Å². The molecule has 0 bridgehead atoms. The fraction of sp³-hybridized carbons (Fsp3) is 0.250. The van der Waals surface area contributed by atoms with E-state index in [4.69, 9.17) is 5.73 Å². The van der Waals surface area contributed by atoms with Crippen molar-refractivity contribution < 1.29 is 4.79 Å². The quantitative estimate of drug-likeness (QED) is 0.910. The second-order valence-corrected chi connectivity index (χ2v) is 3.76. The van der Waals surface area contributed by atoms with E-state index in [1.165, 1.54) is 0 Å². The Hall–Kier alpha value is -1.43. The minimum atomic E-state index is -0.491. The van der Waals surface area contributed by atoms with Crippen LogP contribution in [0.2, 0.25) is 0 Å². The number of amides is 1. The predicted octanol–water partition coefficient (Wildman–Crippen LogP) is 2.15. The number of hydrogen-bond donors (Lipinski definition) is 2. The number of nitrogens with zero attached hydrogens (tertiary/aromatic N) is 2. The molecule has 2 rings (SSSR count). The Morgan fingerprint density at radius 3 is 2.79 bits per heavy atom. The number of fused-ring (bicyclic) bond motifs is 1. The van der Waals surface area contributed by atoms with Gasteiger partial charge in [-0.25, -0.2) is 0 Å². The first-order chi connectivity index (χ1) is 8.22. The highest BCUT2D eigenvalue weighted by Crippen LogP contribution is 2.19. The number of hydrogen-bond acceptors (Lipinski definition) is 4. The largest absolute Gasteiger partial charge is 0.324 e. The van der Waals surface area contributed by atoms with Crippen molar-refractivity contribution in [3.8, 4) is 0 Å². The SMILES string of the molecule is CC[C@H](N)C(=O)Nc1ccnc2ccncc12.Cl.Cl. The number of aromatic nitrogens is 2. The summed E-state index contributed by atoms with van der Waals surface area (Å²) < 4.78 is 0. The number of rotatable bonds is 3. The maximum absolute atomic E-state index is 11.7. The molecule has 5 nitrogen and oxygen atoms in total. The average Bonchev–Trinajstić information content (AvgIpc) is 2.38. The smallest absolute Gasteiger partial charge is 0.241 e. The van der Waals surface area contributed by atoms with Gasteiger partial charge < -0.3 is 11.1 Å². The van der Waals surface area contributed by atoms with E-state index in [0.29, 0.717) is 12.1 Å². The number of halogens is 2. The first-order valence-corrected chi connectivity index (χ1v) is 5.47. The summed E-state index contributed by atoms with van der Waals surface area (Å²) in [5.74, 6) is -0.191. The number of nitrogens with one attached hydrogen (secondary N) is 1. The summed E-state index contributed by atoms with van der Waals surface area (Å²) in [7, 11) is 0. The third-order valence-corrected chi connectivity index (χ3v) is 2.58. The molecule has 2 aromatic heterocycles. The van der Waals surface area contributed by atoms with Crippen LogP contribution in [0.15, 0.2) is 30.7 Å². The predicted molar refractivity (Wildman–Crippen MR) is 80.9 cm³/mol. The molecular formula is C12H16Cl2N4O. The summed E-state index contributed by atoms with van der Waals surface area (Å²) in [4.78, 5) is 19.9. The van der Waals surface area contributed by atoms with Crippen LogP contribution >= 0.6 is 24.8 Å². The van der Waals surface area contributed by atoms with E-state index in [9.17, 15) is 4.79 Å². The maximum atomic E-state index is 11.7. The van der Waals surface area contributed by atoms with E-state index in [0.717, 1.165) is 10.9 Å². The lowest BCUT2D eigenvalue weighted by atomic mass is 10.2. The maximum Gasteiger partial charge on any atom is 0.241 e. The first kappa shape index (κ1) is 17.6. The molecule has 0 unspecified atom stereocenters. The zero-order valence-electron chi connectivity index (χ0n) is 10.4. The minimum Gasteiger partial charge on any atom is -0.324 e. The van der Waals surface area contributed by atoms with Crippen molar-refractivity contribution in [3.63, 3.8) is 0 Å². The second-order valence-electron chi connectivity index (χ2n) is 3.76. The third-order valence-electron chi connectivity index (χ3n) is 2.58. The Morgan fingerprint density at radius 1 is 1.37 bits per heavy atom. The van der Waals surface area contributed by atoms with Crippen LogP contribution in [0.4, 0.5) is 5.69 Å². The van der Waals surface area contributed by atoms with Gasteiger partial charge in [0.25, 0.3) is 0 Å². The van der Waals surface area contributed by atoms with Gasteiger partial charge in [-0.05, 0) is 18.6 Å². The molecule has 7 heteroatoms. The van der Waals surface area contributed by atoms with Gasteiger partial charge in [-0.15, -0.1) is 24.8 Å². The van der Waals surface area contributed by atoms with E-state index in [2.05, 4.69) is 15.3 Å². The van der Waals surface area contributed by atoms with Crippen LogP contribution in [0.25, 0.3) is 10.9 Å². The number of carbonyl (C=O) groups is 1. The highest BCUT2D eigenvalue weighted by atomic mass is 35.5. The number of anilines is 1. The van der Waals surface area contributed by atoms with Crippen molar-refractivity contribution >= 4 is 47.3 Å². The monoisotopic (exact) mass is 302 g/mol. The Balaban J connectivity index is 0.00000162. The molecule has 0 aliphatic heterocycles. The average molecular weight is 303 g/mol. The summed E-state index contributed by atoms with van der Waals surface area (Å²) >= 11 is 0. The molecule has 104 valence electrons. The summed E-state index contributed by atoms with van der Waals surface area (Å²) in [5.41, 5.74) is 7.15. The Morgan fingerprint density at radius 2 is 2.11 bits per heavy atom. The minimum absolute atomic E-state index is 0. The lowest BCUT2D eigenvalue weighted by Gasteiger charge is -2.11. The van der Waals surface area contributed by atoms with Crippen LogP contribution in [-0.4, -0.2) is 21.9 Å². The molecule has 2 heterocycles. The molecule has 1 atom stereocenters. The molecule has 0 aliphatic carbocycles. The lowest BCUT2D eigenvalue weighted by Crippen LogP contribution is -2.34. The number of carbonyl (C=O) groups excluding carboxylic acids is 1. The van der Waals surface area contributed by atoms with Crippen molar-refractivity contribution in [1.82, 2.24) is 9.97 Å². The second kappa shape index (κ2) is 7.89. The molecular weight excluding hydrogens is 287 g/mol. The topological polar surface area (TPSA) is 80.9 Å². The molecule has 0 radical (unpaired) electrons. The van der Waals surface area contributed by atoms with Crippen LogP contribution in [0, 0.1) is 0 Å². The molecule has 3 N–H and O–H groups in total. The van der Waals surface area contributed by atoms with E-state index < -0.39 is 6.04 Å². The molecule has 0 aromatic carbocycles. The van der Waals surface area contributed by atoms with Gasteiger partial charge >= 0.3 is 0 Å². The Kier molecular flexibility index (Phi) is 7.29. The molecule has 0 saturated carbocycles. The van der Waals surface area contributed by atoms with Crippen molar-refractivity contribution in [2.75, 3.05) is 5.32 Å². The van der Waals surface area contributed by atoms with Gasteiger partial charge in [0, 0.05) is 24.0 Å². The normalized spacial score (nSPS) is 11.1. The Labute approximate surface area is 123 Å². The molecule has 2 aromatic rings. The number of nitrogens with two attached hydrogens (primary N) is 1. The van der Waals surface area contributed by atoms with Crippen LogP contribution in [-0.2, 0) is 4.79 Å². The van der Waals surface area contributed by atoms with Gasteiger partial charge in [0.1, 0.15) is 0 Å². The standard InChI is InChI=1S/C12H14N4O.2ClH/c1-2-9(13)12(17)16-11-4-6-15-10-3-5-14-7-8(10)11;;/h3-7,9H,2,13H2,1H3,(H,15,16,17);2*1H/t9-;;/m0../s1. The van der Waals surface area contributed by atoms with Crippen molar-refractivity contribution in [1.29, 1.82) is 0 Å². The summed E-state index contributed by atoms with van der Waals surface area (Å²) in [5, 5.41) is 3.60. The summed E-state index contributed by atoms with van der Waals surface area (Å²) in [6.45, 7) is 1.87. The highest BCUT2D eigenvalue weighted by molar-refractivity contribution is 6.02. The van der Waals surface area contributed by atoms with Crippen LogP contribution in [0.3, 0.4) is 0 Å². The Bertz CT molecular complexity index is 545. The summed E-state index contributed by atoms with van der Waals surface area (Å²) in [6.07, 6.45) is 5.59. The zero-order chi connectivity index (χ0) is 12.3. The van der Waals surface area contributed by atoms with Gasteiger partial charge in [0.15, 0.2) is 0 Å². The van der Waals surface area contributed by atoms with Crippen molar-refractivity contribution in [3.05, 3.63) is 30.7 Å². The third kappa shape index (κ3) is 4.02. The molecule has 0 aliphatic rings. The van der Waals surface area contributed by atoms with Gasteiger partial charge in [-0.2, -0.15) is 0 Å². The van der Waals surface area contributed by atoms with E-state index in [1.54, 1.807) is 30.7 Å². The van der Waals surface area contributed by atoms with Crippen LogP contribution < -0.4 is 11.1 Å². The molecule has 1 amide bonds. The van der Waals surface area contributed by atoms with Crippen molar-refractivity contribution in [2.24, 2.45) is 5.73 Å². The molecule has 0 fully saturated rings. The zero-order valence-corrected chi connectivity index (χ0v) is 12.0.